The number of fused-ring (bicyclic) bond motifs is 2. The van der Waals surface area contributed by atoms with Crippen molar-refractivity contribution in [1.29, 1.82) is 0 Å². The third kappa shape index (κ3) is 3.46. The molecular formula is C22H21N3O3S. The molecule has 0 saturated carbocycles. The molecule has 0 N–H and O–H groups in total. The zero-order valence-corrected chi connectivity index (χ0v) is 16.7. The third-order valence-corrected chi connectivity index (χ3v) is 6.76. The lowest BCUT2D eigenvalue weighted by molar-refractivity contribution is -0.132. The normalized spacial score (nSPS) is 17.2. The number of benzene rings is 2. The molecule has 6 nitrogen and oxygen atoms in total. The Bertz CT molecular complexity index is 1210. The van der Waals surface area contributed by atoms with Gasteiger partial charge in [0.1, 0.15) is 0 Å². The van der Waals surface area contributed by atoms with E-state index >= 15 is 0 Å². The highest BCUT2D eigenvalue weighted by atomic mass is 32.1. The number of rotatable bonds is 4. The second-order valence-corrected chi connectivity index (χ2v) is 8.50. The number of carbonyl (C=O) groups excluding carboxylic acids is 1. The van der Waals surface area contributed by atoms with Gasteiger partial charge in [0, 0.05) is 32.0 Å². The Balaban J connectivity index is 1.28. The van der Waals surface area contributed by atoms with Gasteiger partial charge in [-0.1, -0.05) is 24.3 Å². The summed E-state index contributed by atoms with van der Waals surface area (Å²) in [5, 5.41) is 1.11. The van der Waals surface area contributed by atoms with Crippen LogP contribution < -0.4 is 5.76 Å². The summed E-state index contributed by atoms with van der Waals surface area (Å²) in [6.07, 6.45) is 2.31. The molecule has 5 rings (SSSR count). The molecule has 1 unspecified atom stereocenters. The largest absolute Gasteiger partial charge is 0.419 e. The minimum atomic E-state index is -0.412. The van der Waals surface area contributed by atoms with Crippen LogP contribution in [0.4, 0.5) is 0 Å². The summed E-state index contributed by atoms with van der Waals surface area (Å²) in [5.41, 5.74) is 2.32. The van der Waals surface area contributed by atoms with Crippen LogP contribution in [0.2, 0.25) is 0 Å². The lowest BCUT2D eigenvalue weighted by Crippen LogP contribution is -2.39. The Morgan fingerprint density at radius 1 is 1.17 bits per heavy atom. The van der Waals surface area contributed by atoms with Gasteiger partial charge in [-0.3, -0.25) is 9.36 Å². The fourth-order valence-corrected chi connectivity index (χ4v) is 5.15. The standard InChI is InChI=1S/C22H21N3O3S/c26-20(11-13-25-17-8-2-3-9-18(17)28-22(25)27)24-12-5-6-15(14-24)21-23-16-7-1-4-10-19(16)29-21/h1-4,7-10,15H,5-6,11-14H2. The summed E-state index contributed by atoms with van der Waals surface area (Å²) in [6.45, 7) is 1.79. The quantitative estimate of drug-likeness (QED) is 0.513. The fraction of sp³-hybridized carbons (Fsp3) is 0.318. The summed E-state index contributed by atoms with van der Waals surface area (Å²) in [4.78, 5) is 31.7. The zero-order valence-electron chi connectivity index (χ0n) is 15.9. The number of aryl methyl sites for hydroxylation is 1. The van der Waals surface area contributed by atoms with Crippen LogP contribution in [0.5, 0.6) is 0 Å². The smallest absolute Gasteiger partial charge is 0.408 e. The molecule has 1 fully saturated rings. The van der Waals surface area contributed by atoms with E-state index in [0.29, 0.717) is 18.7 Å². The van der Waals surface area contributed by atoms with E-state index in [1.165, 1.54) is 4.70 Å². The number of nitrogens with zero attached hydrogens (tertiary/aromatic N) is 3. The molecular weight excluding hydrogens is 386 g/mol. The van der Waals surface area contributed by atoms with Gasteiger partial charge in [0.25, 0.3) is 0 Å². The Labute approximate surface area is 171 Å². The zero-order chi connectivity index (χ0) is 19.8. The van der Waals surface area contributed by atoms with Gasteiger partial charge in [0.2, 0.25) is 5.91 Å². The van der Waals surface area contributed by atoms with Crippen molar-refractivity contribution in [2.24, 2.45) is 0 Å². The van der Waals surface area contributed by atoms with Gasteiger partial charge >= 0.3 is 5.76 Å². The number of carbonyl (C=O) groups is 1. The van der Waals surface area contributed by atoms with Crippen LogP contribution in [-0.2, 0) is 11.3 Å². The lowest BCUT2D eigenvalue weighted by Gasteiger charge is -2.32. The maximum absolute atomic E-state index is 12.9. The molecule has 1 atom stereocenters. The summed E-state index contributed by atoms with van der Waals surface area (Å²) in [6, 6.07) is 15.5. The number of thiazole rings is 1. The van der Waals surface area contributed by atoms with Crippen molar-refractivity contribution in [1.82, 2.24) is 14.5 Å². The van der Waals surface area contributed by atoms with E-state index in [1.807, 2.05) is 41.3 Å². The predicted molar refractivity (Wildman–Crippen MR) is 113 cm³/mol. The Morgan fingerprint density at radius 2 is 2.00 bits per heavy atom. The van der Waals surface area contributed by atoms with Crippen molar-refractivity contribution < 1.29 is 9.21 Å². The number of aromatic nitrogens is 2. The molecule has 1 aliphatic rings. The van der Waals surface area contributed by atoms with Crippen molar-refractivity contribution in [2.45, 2.75) is 31.7 Å². The average molecular weight is 407 g/mol. The predicted octanol–water partition coefficient (Wildman–Crippen LogP) is 4.00. The van der Waals surface area contributed by atoms with E-state index in [1.54, 1.807) is 22.0 Å². The second-order valence-electron chi connectivity index (χ2n) is 7.44. The maximum atomic E-state index is 12.9. The van der Waals surface area contributed by atoms with Gasteiger partial charge in [-0.05, 0) is 37.1 Å². The highest BCUT2D eigenvalue weighted by Gasteiger charge is 2.27. The third-order valence-electron chi connectivity index (χ3n) is 5.56. The molecule has 148 valence electrons. The Morgan fingerprint density at radius 3 is 2.90 bits per heavy atom. The summed E-state index contributed by atoms with van der Waals surface area (Å²) >= 11 is 1.73. The first-order valence-electron chi connectivity index (χ1n) is 9.90. The highest BCUT2D eigenvalue weighted by Crippen LogP contribution is 2.33. The van der Waals surface area contributed by atoms with Crippen LogP contribution >= 0.6 is 11.3 Å². The van der Waals surface area contributed by atoms with Crippen LogP contribution in [0.15, 0.2) is 57.7 Å². The second kappa shape index (κ2) is 7.48. The minimum Gasteiger partial charge on any atom is -0.408 e. The van der Waals surface area contributed by atoms with Gasteiger partial charge in [0.05, 0.1) is 20.7 Å². The van der Waals surface area contributed by atoms with Crippen molar-refractivity contribution >= 4 is 38.6 Å². The van der Waals surface area contributed by atoms with Crippen molar-refractivity contribution in [2.75, 3.05) is 13.1 Å². The number of likely N-dealkylation sites (tertiary alicyclic amines) is 1. The van der Waals surface area contributed by atoms with Gasteiger partial charge in [-0.2, -0.15) is 0 Å². The number of para-hydroxylation sites is 3. The first-order chi connectivity index (χ1) is 14.2. The van der Waals surface area contributed by atoms with Gasteiger partial charge in [0.15, 0.2) is 5.58 Å². The SMILES string of the molecule is O=C(CCn1c(=O)oc2ccccc21)N1CCCC(c2nc3ccccc3s2)C1. The molecule has 0 aliphatic carbocycles. The van der Waals surface area contributed by atoms with E-state index in [0.717, 1.165) is 35.4 Å². The Hall–Kier alpha value is -2.93. The van der Waals surface area contributed by atoms with Crippen molar-refractivity contribution in [3.05, 3.63) is 64.1 Å². The van der Waals surface area contributed by atoms with Gasteiger partial charge in [-0.15, -0.1) is 11.3 Å². The molecule has 1 amide bonds. The number of hydrogen-bond donors (Lipinski definition) is 0. The molecule has 7 heteroatoms. The fourth-order valence-electron chi connectivity index (χ4n) is 4.06. The van der Waals surface area contributed by atoms with Crippen LogP contribution in [-0.4, -0.2) is 33.4 Å². The summed E-state index contributed by atoms with van der Waals surface area (Å²) in [7, 11) is 0. The molecule has 3 heterocycles. The van der Waals surface area contributed by atoms with Crippen LogP contribution in [0.3, 0.4) is 0 Å². The minimum absolute atomic E-state index is 0.0768. The average Bonchev–Trinajstić information content (AvgIpc) is 3.32. The molecule has 4 aromatic rings. The molecule has 0 radical (unpaired) electrons. The number of amides is 1. The number of hydrogen-bond acceptors (Lipinski definition) is 5. The van der Waals surface area contributed by atoms with E-state index in [9.17, 15) is 9.59 Å². The molecule has 2 aromatic carbocycles. The number of piperidine rings is 1. The van der Waals surface area contributed by atoms with E-state index in [-0.39, 0.29) is 18.2 Å². The van der Waals surface area contributed by atoms with Gasteiger partial charge in [-0.25, -0.2) is 9.78 Å². The first-order valence-corrected chi connectivity index (χ1v) is 10.7. The van der Waals surface area contributed by atoms with E-state index < -0.39 is 5.76 Å². The summed E-state index contributed by atoms with van der Waals surface area (Å²) < 4.78 is 7.99. The topological polar surface area (TPSA) is 68.3 Å². The van der Waals surface area contributed by atoms with E-state index in [4.69, 9.17) is 9.40 Å². The highest BCUT2D eigenvalue weighted by molar-refractivity contribution is 7.18. The Kier molecular flexibility index (Phi) is 4.67. The lowest BCUT2D eigenvalue weighted by atomic mass is 9.98. The van der Waals surface area contributed by atoms with Crippen molar-refractivity contribution in [3.63, 3.8) is 0 Å². The molecule has 2 aromatic heterocycles. The molecule has 1 saturated heterocycles. The van der Waals surface area contributed by atoms with Gasteiger partial charge < -0.3 is 9.32 Å². The van der Waals surface area contributed by atoms with Crippen molar-refractivity contribution in [3.8, 4) is 0 Å². The summed E-state index contributed by atoms with van der Waals surface area (Å²) in [5.74, 6) is -0.0550. The molecule has 29 heavy (non-hydrogen) atoms. The van der Waals surface area contributed by atoms with Crippen LogP contribution in [0.1, 0.15) is 30.2 Å². The monoisotopic (exact) mass is 407 g/mol. The number of oxazole rings is 1. The molecule has 0 bridgehead atoms. The molecule has 0 spiro atoms. The van der Waals surface area contributed by atoms with E-state index in [2.05, 4.69) is 6.07 Å². The van der Waals surface area contributed by atoms with Crippen LogP contribution in [0, 0.1) is 0 Å². The van der Waals surface area contributed by atoms with Crippen LogP contribution in [0.25, 0.3) is 21.3 Å². The first kappa shape index (κ1) is 18.1. The molecule has 1 aliphatic heterocycles. The maximum Gasteiger partial charge on any atom is 0.419 e.